The van der Waals surface area contributed by atoms with E-state index < -0.39 is 0 Å². The molecule has 2 heterocycles. The van der Waals surface area contributed by atoms with Crippen LogP contribution in [0.5, 0.6) is 6.01 Å². The van der Waals surface area contributed by atoms with Gasteiger partial charge in [0.05, 0.1) is 12.2 Å². The second-order valence-electron chi connectivity index (χ2n) is 4.86. The van der Waals surface area contributed by atoms with Crippen molar-refractivity contribution >= 4 is 11.9 Å². The van der Waals surface area contributed by atoms with Gasteiger partial charge in [0.15, 0.2) is 0 Å². The molecule has 1 aromatic rings. The minimum Gasteiger partial charge on any atom is -0.461 e. The SMILES string of the molecule is COC1CCN(c2nc(N)nc(OC(C)C)n2)CC1. The Labute approximate surface area is 113 Å². The highest BCUT2D eigenvalue weighted by Gasteiger charge is 2.21. The van der Waals surface area contributed by atoms with Crippen molar-refractivity contribution in [2.75, 3.05) is 30.8 Å². The number of anilines is 2. The number of ether oxygens (including phenoxy) is 2. The molecule has 19 heavy (non-hydrogen) atoms. The molecule has 7 nitrogen and oxygen atoms in total. The Bertz CT molecular complexity index is 419. The van der Waals surface area contributed by atoms with Crippen molar-refractivity contribution in [1.82, 2.24) is 15.0 Å². The van der Waals surface area contributed by atoms with Gasteiger partial charge in [-0.25, -0.2) is 0 Å². The minimum absolute atomic E-state index is 0.00822. The predicted octanol–water partition coefficient (Wildman–Crippen LogP) is 0.856. The van der Waals surface area contributed by atoms with Gasteiger partial charge in [-0.1, -0.05) is 0 Å². The zero-order chi connectivity index (χ0) is 13.8. The molecule has 2 rings (SSSR count). The van der Waals surface area contributed by atoms with Gasteiger partial charge in [0, 0.05) is 20.2 Å². The molecule has 106 valence electrons. The van der Waals surface area contributed by atoms with E-state index in [1.54, 1.807) is 7.11 Å². The van der Waals surface area contributed by atoms with Gasteiger partial charge in [0.2, 0.25) is 11.9 Å². The van der Waals surface area contributed by atoms with E-state index in [9.17, 15) is 0 Å². The van der Waals surface area contributed by atoms with E-state index in [1.165, 1.54) is 0 Å². The Morgan fingerprint density at radius 3 is 2.47 bits per heavy atom. The summed E-state index contributed by atoms with van der Waals surface area (Å²) in [6, 6.07) is 0.284. The van der Waals surface area contributed by atoms with Crippen LogP contribution in [0.3, 0.4) is 0 Å². The topological polar surface area (TPSA) is 86.4 Å². The second kappa shape index (κ2) is 6.01. The molecule has 1 fully saturated rings. The molecule has 0 atom stereocenters. The largest absolute Gasteiger partial charge is 0.461 e. The Morgan fingerprint density at radius 1 is 1.21 bits per heavy atom. The Morgan fingerprint density at radius 2 is 1.89 bits per heavy atom. The van der Waals surface area contributed by atoms with Gasteiger partial charge >= 0.3 is 6.01 Å². The fraction of sp³-hybridized carbons (Fsp3) is 0.750. The number of aromatic nitrogens is 3. The maximum Gasteiger partial charge on any atom is 0.323 e. The summed E-state index contributed by atoms with van der Waals surface area (Å²) < 4.78 is 10.8. The molecule has 0 amide bonds. The number of nitrogen functional groups attached to an aromatic ring is 1. The molecule has 2 N–H and O–H groups in total. The fourth-order valence-electron chi connectivity index (χ4n) is 2.06. The molecule has 0 radical (unpaired) electrons. The normalized spacial score (nSPS) is 16.9. The lowest BCUT2D eigenvalue weighted by molar-refractivity contribution is 0.0816. The quantitative estimate of drug-likeness (QED) is 0.865. The highest BCUT2D eigenvalue weighted by Crippen LogP contribution is 2.20. The van der Waals surface area contributed by atoms with E-state index in [2.05, 4.69) is 19.9 Å². The smallest absolute Gasteiger partial charge is 0.323 e. The first-order valence-electron chi connectivity index (χ1n) is 6.54. The van der Waals surface area contributed by atoms with Crippen molar-refractivity contribution < 1.29 is 9.47 Å². The van der Waals surface area contributed by atoms with Crippen LogP contribution in [-0.2, 0) is 4.74 Å². The Balaban J connectivity index is 2.09. The van der Waals surface area contributed by atoms with Gasteiger partial charge in [-0.05, 0) is 26.7 Å². The molecule has 0 spiro atoms. The van der Waals surface area contributed by atoms with Crippen molar-refractivity contribution in [1.29, 1.82) is 0 Å². The number of rotatable bonds is 4. The molecule has 0 aliphatic carbocycles. The van der Waals surface area contributed by atoms with E-state index in [-0.39, 0.29) is 18.1 Å². The highest BCUT2D eigenvalue weighted by atomic mass is 16.5. The number of nitrogens with two attached hydrogens (primary N) is 1. The van der Waals surface area contributed by atoms with Crippen LogP contribution in [-0.4, -0.2) is 47.4 Å². The number of hydrogen-bond donors (Lipinski definition) is 1. The van der Waals surface area contributed by atoms with Gasteiger partial charge in [-0.15, -0.1) is 0 Å². The van der Waals surface area contributed by atoms with Crippen molar-refractivity contribution in [3.05, 3.63) is 0 Å². The summed E-state index contributed by atoms with van der Waals surface area (Å²) in [6.45, 7) is 5.54. The van der Waals surface area contributed by atoms with E-state index in [4.69, 9.17) is 15.2 Å². The van der Waals surface area contributed by atoms with E-state index in [0.29, 0.717) is 12.1 Å². The molecule has 1 aliphatic rings. The van der Waals surface area contributed by atoms with E-state index in [1.807, 2.05) is 13.8 Å². The number of nitrogens with zero attached hydrogens (tertiary/aromatic N) is 4. The molecule has 0 aromatic carbocycles. The molecule has 1 saturated heterocycles. The van der Waals surface area contributed by atoms with E-state index in [0.717, 1.165) is 25.9 Å². The van der Waals surface area contributed by atoms with Crippen molar-refractivity contribution in [2.45, 2.75) is 38.9 Å². The molecule has 0 bridgehead atoms. The molecule has 0 saturated carbocycles. The van der Waals surface area contributed by atoms with E-state index >= 15 is 0 Å². The average Bonchev–Trinajstić information content (AvgIpc) is 2.37. The summed E-state index contributed by atoms with van der Waals surface area (Å²) in [5.41, 5.74) is 5.70. The zero-order valence-corrected chi connectivity index (χ0v) is 11.7. The van der Waals surface area contributed by atoms with Crippen LogP contribution in [0.4, 0.5) is 11.9 Å². The molecule has 1 aliphatic heterocycles. The van der Waals surface area contributed by atoms with Gasteiger partial charge < -0.3 is 20.1 Å². The van der Waals surface area contributed by atoms with Crippen LogP contribution in [0.25, 0.3) is 0 Å². The Hall–Kier alpha value is -1.63. The summed E-state index contributed by atoms with van der Waals surface area (Å²) in [4.78, 5) is 14.6. The maximum atomic E-state index is 5.70. The first kappa shape index (κ1) is 13.8. The van der Waals surface area contributed by atoms with Crippen molar-refractivity contribution in [3.63, 3.8) is 0 Å². The van der Waals surface area contributed by atoms with Gasteiger partial charge in [-0.3, -0.25) is 0 Å². The first-order chi connectivity index (χ1) is 9.08. The second-order valence-corrected chi connectivity index (χ2v) is 4.86. The van der Waals surface area contributed by atoms with Crippen LogP contribution in [0, 0.1) is 0 Å². The van der Waals surface area contributed by atoms with Gasteiger partial charge in [0.1, 0.15) is 0 Å². The summed E-state index contributed by atoms with van der Waals surface area (Å²) >= 11 is 0. The maximum absolute atomic E-state index is 5.70. The average molecular weight is 267 g/mol. The first-order valence-corrected chi connectivity index (χ1v) is 6.54. The monoisotopic (exact) mass is 267 g/mol. The van der Waals surface area contributed by atoms with Crippen LogP contribution in [0.1, 0.15) is 26.7 Å². The highest BCUT2D eigenvalue weighted by molar-refractivity contribution is 5.36. The summed E-state index contributed by atoms with van der Waals surface area (Å²) in [5, 5.41) is 0. The number of methoxy groups -OCH3 is 1. The Kier molecular flexibility index (Phi) is 4.36. The summed E-state index contributed by atoms with van der Waals surface area (Å²) in [7, 11) is 1.75. The van der Waals surface area contributed by atoms with Crippen LogP contribution in [0.2, 0.25) is 0 Å². The van der Waals surface area contributed by atoms with Crippen molar-refractivity contribution in [3.8, 4) is 6.01 Å². The third-order valence-corrected chi connectivity index (χ3v) is 3.02. The molecular weight excluding hydrogens is 246 g/mol. The fourth-order valence-corrected chi connectivity index (χ4v) is 2.06. The summed E-state index contributed by atoms with van der Waals surface area (Å²) in [6.07, 6.45) is 2.25. The number of hydrogen-bond acceptors (Lipinski definition) is 7. The molecule has 0 unspecified atom stereocenters. The lowest BCUT2D eigenvalue weighted by Crippen LogP contribution is -2.37. The summed E-state index contributed by atoms with van der Waals surface area (Å²) in [5.74, 6) is 0.771. The van der Waals surface area contributed by atoms with Crippen LogP contribution < -0.4 is 15.4 Å². The van der Waals surface area contributed by atoms with Crippen LogP contribution >= 0.6 is 0 Å². The standard InChI is InChI=1S/C12H21N5O2/c1-8(2)19-12-15-10(13)14-11(16-12)17-6-4-9(18-3)5-7-17/h8-9H,4-7H2,1-3H3,(H2,13,14,15,16). The third-order valence-electron chi connectivity index (χ3n) is 3.02. The van der Waals surface area contributed by atoms with Crippen LogP contribution in [0.15, 0.2) is 0 Å². The zero-order valence-electron chi connectivity index (χ0n) is 11.7. The molecule has 1 aromatic heterocycles. The lowest BCUT2D eigenvalue weighted by atomic mass is 10.1. The minimum atomic E-state index is 0.00822. The predicted molar refractivity (Wildman–Crippen MR) is 72.2 cm³/mol. The van der Waals surface area contributed by atoms with Gasteiger partial charge in [0.25, 0.3) is 0 Å². The lowest BCUT2D eigenvalue weighted by Gasteiger charge is -2.31. The number of piperidine rings is 1. The molecular formula is C12H21N5O2. The van der Waals surface area contributed by atoms with Gasteiger partial charge in [-0.2, -0.15) is 15.0 Å². The third kappa shape index (κ3) is 3.66. The van der Waals surface area contributed by atoms with Crippen molar-refractivity contribution in [2.24, 2.45) is 0 Å². The molecule has 7 heteroatoms.